The third kappa shape index (κ3) is 60.7. The molecule has 0 radical (unpaired) electrons. The molecule has 0 saturated carbocycles. The van der Waals surface area contributed by atoms with E-state index in [-0.39, 0.29) is 25.2 Å². The Hall–Kier alpha value is -1.88. The molecule has 0 rings (SSSR count). The molecular formula is C67H126O5. The highest BCUT2D eigenvalue weighted by Crippen LogP contribution is 2.17. The molecule has 5 heteroatoms. The van der Waals surface area contributed by atoms with Gasteiger partial charge < -0.3 is 14.2 Å². The van der Waals surface area contributed by atoms with E-state index in [1.165, 1.54) is 270 Å². The highest BCUT2D eigenvalue weighted by molar-refractivity contribution is 5.70. The number of hydrogen-bond acceptors (Lipinski definition) is 5. The second-order valence-corrected chi connectivity index (χ2v) is 22.0. The molecule has 0 aromatic heterocycles. The summed E-state index contributed by atoms with van der Waals surface area (Å²) in [5.41, 5.74) is 0. The summed E-state index contributed by atoms with van der Waals surface area (Å²) in [4.78, 5) is 25.6. The van der Waals surface area contributed by atoms with E-state index >= 15 is 0 Å². The number of ether oxygens (including phenoxy) is 3. The van der Waals surface area contributed by atoms with Gasteiger partial charge in [0.25, 0.3) is 0 Å². The molecule has 0 heterocycles. The summed E-state index contributed by atoms with van der Waals surface area (Å²) in [6, 6.07) is 0. The lowest BCUT2D eigenvalue weighted by Gasteiger charge is -2.18. The standard InChI is InChI=1S/C67H126O5/c1-4-7-10-13-16-19-22-25-28-31-33-35-38-41-44-47-50-53-56-59-62-70-63-65(72-67(69)61-58-55-52-49-46-43-40-36-30-27-24-21-18-15-12-9-6-3)64-71-66(68)60-57-54-51-48-45-42-39-37-34-32-29-26-23-20-17-14-11-8-5-2/h18,21,25,27-28,30,65H,4-17,19-20,22-24,26,29,31-64H2,1-3H3/b21-18-,28-25-,30-27-. The Kier molecular flexibility index (Phi) is 61.8. The number of carbonyl (C=O) groups is 2. The largest absolute Gasteiger partial charge is 0.462 e. The van der Waals surface area contributed by atoms with E-state index in [0.29, 0.717) is 19.4 Å². The molecule has 5 nitrogen and oxygen atoms in total. The van der Waals surface area contributed by atoms with Gasteiger partial charge in [-0.2, -0.15) is 0 Å². The SMILES string of the molecule is CCCCC/C=C\C/C=C\CCCCCCCCCC(=O)OC(COCCCCCCCCCCCC/C=C\CCCCCCCC)COC(=O)CCCCCCCCCCCCCCCCCCCCC. The van der Waals surface area contributed by atoms with Crippen molar-refractivity contribution in [1.29, 1.82) is 0 Å². The van der Waals surface area contributed by atoms with Crippen LogP contribution in [0.15, 0.2) is 36.5 Å². The van der Waals surface area contributed by atoms with Gasteiger partial charge >= 0.3 is 11.9 Å². The fourth-order valence-corrected chi connectivity index (χ4v) is 9.77. The molecular weight excluding hydrogens is 885 g/mol. The first-order valence-corrected chi connectivity index (χ1v) is 32.5. The van der Waals surface area contributed by atoms with E-state index < -0.39 is 6.10 Å². The van der Waals surface area contributed by atoms with E-state index in [2.05, 4.69) is 57.2 Å². The van der Waals surface area contributed by atoms with Crippen LogP contribution in [0.2, 0.25) is 0 Å². The Morgan fingerprint density at radius 2 is 0.583 bits per heavy atom. The Labute approximate surface area is 450 Å². The number of unbranched alkanes of at least 4 members (excludes halogenated alkanes) is 44. The molecule has 0 saturated heterocycles. The van der Waals surface area contributed by atoms with Crippen LogP contribution in [0.1, 0.15) is 355 Å². The molecule has 0 N–H and O–H groups in total. The quantitative estimate of drug-likeness (QED) is 0.0345. The molecule has 0 fully saturated rings. The summed E-state index contributed by atoms with van der Waals surface area (Å²) in [5.74, 6) is -0.382. The summed E-state index contributed by atoms with van der Waals surface area (Å²) in [6.07, 6.45) is 79.0. The van der Waals surface area contributed by atoms with E-state index in [4.69, 9.17) is 14.2 Å². The van der Waals surface area contributed by atoms with Crippen molar-refractivity contribution in [3.05, 3.63) is 36.5 Å². The average Bonchev–Trinajstić information content (AvgIpc) is 3.38. The maximum Gasteiger partial charge on any atom is 0.306 e. The predicted octanol–water partition coefficient (Wildman–Crippen LogP) is 22.5. The summed E-state index contributed by atoms with van der Waals surface area (Å²) < 4.78 is 17.6. The van der Waals surface area contributed by atoms with Gasteiger partial charge in [-0.3, -0.25) is 9.59 Å². The van der Waals surface area contributed by atoms with Crippen molar-refractivity contribution in [3.63, 3.8) is 0 Å². The number of rotatable bonds is 61. The minimum atomic E-state index is -0.538. The zero-order valence-corrected chi connectivity index (χ0v) is 49.0. The molecule has 72 heavy (non-hydrogen) atoms. The third-order valence-electron chi connectivity index (χ3n) is 14.6. The van der Waals surface area contributed by atoms with Crippen LogP contribution in [0, 0.1) is 0 Å². The zero-order chi connectivity index (χ0) is 52.0. The zero-order valence-electron chi connectivity index (χ0n) is 49.0. The second-order valence-electron chi connectivity index (χ2n) is 22.0. The van der Waals surface area contributed by atoms with Gasteiger partial charge in [-0.25, -0.2) is 0 Å². The average molecular weight is 1010 g/mol. The fraction of sp³-hybridized carbons (Fsp3) is 0.881. The molecule has 0 spiro atoms. The van der Waals surface area contributed by atoms with Crippen LogP contribution in [0.3, 0.4) is 0 Å². The van der Waals surface area contributed by atoms with E-state index in [1.54, 1.807) is 0 Å². The summed E-state index contributed by atoms with van der Waals surface area (Å²) in [6.45, 7) is 7.87. The van der Waals surface area contributed by atoms with Crippen molar-refractivity contribution in [1.82, 2.24) is 0 Å². The minimum Gasteiger partial charge on any atom is -0.462 e. The van der Waals surface area contributed by atoms with E-state index in [9.17, 15) is 9.59 Å². The molecule has 424 valence electrons. The first-order valence-electron chi connectivity index (χ1n) is 32.5. The van der Waals surface area contributed by atoms with Gasteiger partial charge in [0.05, 0.1) is 6.61 Å². The molecule has 0 aliphatic rings. The van der Waals surface area contributed by atoms with Crippen LogP contribution in [0.25, 0.3) is 0 Å². The van der Waals surface area contributed by atoms with Crippen molar-refractivity contribution < 1.29 is 23.8 Å². The lowest BCUT2D eigenvalue weighted by atomic mass is 10.0. The van der Waals surface area contributed by atoms with Crippen LogP contribution in [0.4, 0.5) is 0 Å². The molecule has 0 aliphatic carbocycles. The predicted molar refractivity (Wildman–Crippen MR) is 316 cm³/mol. The highest BCUT2D eigenvalue weighted by atomic mass is 16.6. The van der Waals surface area contributed by atoms with Gasteiger partial charge in [-0.05, 0) is 77.0 Å². The Morgan fingerprint density at radius 1 is 0.306 bits per heavy atom. The Morgan fingerprint density at radius 3 is 0.958 bits per heavy atom. The number of esters is 2. The fourth-order valence-electron chi connectivity index (χ4n) is 9.77. The van der Waals surface area contributed by atoms with Gasteiger partial charge in [0.2, 0.25) is 0 Å². The second kappa shape index (κ2) is 63.4. The molecule has 1 atom stereocenters. The van der Waals surface area contributed by atoms with Crippen molar-refractivity contribution in [2.45, 2.75) is 361 Å². The molecule has 0 amide bonds. The van der Waals surface area contributed by atoms with E-state index in [1.807, 2.05) is 0 Å². The third-order valence-corrected chi connectivity index (χ3v) is 14.6. The van der Waals surface area contributed by atoms with Crippen molar-refractivity contribution >= 4 is 11.9 Å². The van der Waals surface area contributed by atoms with Gasteiger partial charge in [0, 0.05) is 19.4 Å². The number of hydrogen-bond donors (Lipinski definition) is 0. The Balaban J connectivity index is 4.23. The molecule has 0 aromatic carbocycles. The topological polar surface area (TPSA) is 61.8 Å². The van der Waals surface area contributed by atoms with Crippen LogP contribution < -0.4 is 0 Å². The van der Waals surface area contributed by atoms with Crippen LogP contribution >= 0.6 is 0 Å². The molecule has 0 bridgehead atoms. The maximum atomic E-state index is 12.9. The van der Waals surface area contributed by atoms with E-state index in [0.717, 1.165) is 51.4 Å². The van der Waals surface area contributed by atoms with Crippen LogP contribution in [-0.2, 0) is 23.8 Å². The number of allylic oxidation sites excluding steroid dienone is 6. The monoisotopic (exact) mass is 1010 g/mol. The summed E-state index contributed by atoms with van der Waals surface area (Å²) >= 11 is 0. The first-order chi connectivity index (χ1) is 35.6. The van der Waals surface area contributed by atoms with Crippen molar-refractivity contribution in [2.75, 3.05) is 19.8 Å². The lowest BCUT2D eigenvalue weighted by Crippen LogP contribution is -2.30. The van der Waals surface area contributed by atoms with Crippen LogP contribution in [0.5, 0.6) is 0 Å². The Bertz CT molecular complexity index is 1140. The number of carbonyl (C=O) groups excluding carboxylic acids is 2. The van der Waals surface area contributed by atoms with Gasteiger partial charge in [-0.1, -0.05) is 301 Å². The van der Waals surface area contributed by atoms with Crippen molar-refractivity contribution in [2.24, 2.45) is 0 Å². The lowest BCUT2D eigenvalue weighted by molar-refractivity contribution is -0.163. The molecule has 0 aliphatic heterocycles. The highest BCUT2D eigenvalue weighted by Gasteiger charge is 2.18. The molecule has 0 aromatic rings. The van der Waals surface area contributed by atoms with Gasteiger partial charge in [0.1, 0.15) is 6.61 Å². The summed E-state index contributed by atoms with van der Waals surface area (Å²) in [5, 5.41) is 0. The normalized spacial score (nSPS) is 12.3. The minimum absolute atomic E-state index is 0.0879. The maximum absolute atomic E-state index is 12.9. The van der Waals surface area contributed by atoms with Gasteiger partial charge in [0.15, 0.2) is 6.10 Å². The smallest absolute Gasteiger partial charge is 0.306 e. The van der Waals surface area contributed by atoms with Crippen LogP contribution in [-0.4, -0.2) is 37.9 Å². The van der Waals surface area contributed by atoms with Gasteiger partial charge in [-0.15, -0.1) is 0 Å². The first kappa shape index (κ1) is 70.1. The molecule has 1 unspecified atom stereocenters. The van der Waals surface area contributed by atoms with Crippen molar-refractivity contribution in [3.8, 4) is 0 Å². The summed E-state index contributed by atoms with van der Waals surface area (Å²) in [7, 11) is 0.